The molecule has 0 spiro atoms. The third kappa shape index (κ3) is 17.7. The van der Waals surface area contributed by atoms with E-state index in [0.717, 1.165) is 6.42 Å². The maximum absolute atomic E-state index is 10.5. The molecule has 118 valence electrons. The summed E-state index contributed by atoms with van der Waals surface area (Å²) in [5.74, 6) is 0. The molecule has 0 aliphatic rings. The smallest absolute Gasteiger partial charge is 0.244 e. The van der Waals surface area contributed by atoms with Crippen molar-refractivity contribution in [3.8, 4) is 0 Å². The second-order valence-electron chi connectivity index (χ2n) is 5.74. The van der Waals surface area contributed by atoms with Gasteiger partial charge in [-0.25, -0.2) is 0 Å². The van der Waals surface area contributed by atoms with Crippen molar-refractivity contribution in [3.63, 3.8) is 0 Å². The maximum atomic E-state index is 10.5. The van der Waals surface area contributed by atoms with Gasteiger partial charge in [0.2, 0.25) is 5.24 Å². The first-order valence-electron chi connectivity index (χ1n) is 8.63. The van der Waals surface area contributed by atoms with Crippen LogP contribution in [0.25, 0.3) is 0 Å². The van der Waals surface area contributed by atoms with E-state index in [9.17, 15) is 4.79 Å². The second kappa shape index (κ2) is 16.8. The Morgan fingerprint density at radius 3 is 1.55 bits per heavy atom. The molecule has 0 aliphatic carbocycles. The molecule has 0 aliphatic heterocycles. The maximum Gasteiger partial charge on any atom is 0.244 e. The first-order chi connectivity index (χ1) is 9.77. The van der Waals surface area contributed by atoms with Gasteiger partial charge >= 0.3 is 0 Å². The van der Waals surface area contributed by atoms with E-state index in [1.165, 1.54) is 89.5 Å². The minimum atomic E-state index is -0.361. The van der Waals surface area contributed by atoms with Gasteiger partial charge in [-0.15, -0.1) is 0 Å². The zero-order valence-electron chi connectivity index (χ0n) is 13.3. The number of carbonyl (C=O) groups is 1. The van der Waals surface area contributed by atoms with E-state index in [1.807, 2.05) is 6.08 Å². The van der Waals surface area contributed by atoms with E-state index in [2.05, 4.69) is 6.92 Å². The van der Waals surface area contributed by atoms with Crippen LogP contribution in [0.5, 0.6) is 0 Å². The van der Waals surface area contributed by atoms with Crippen molar-refractivity contribution in [2.45, 2.75) is 96.8 Å². The summed E-state index contributed by atoms with van der Waals surface area (Å²) in [6.07, 6.45) is 22.2. The molecular formula is C18H33ClO. The van der Waals surface area contributed by atoms with Gasteiger partial charge < -0.3 is 0 Å². The van der Waals surface area contributed by atoms with E-state index < -0.39 is 0 Å². The molecule has 0 amide bonds. The molecule has 0 fully saturated rings. The Bertz CT molecular complexity index is 236. The highest BCUT2D eigenvalue weighted by atomic mass is 35.5. The van der Waals surface area contributed by atoms with Crippen LogP contribution in [0.3, 0.4) is 0 Å². The lowest BCUT2D eigenvalue weighted by Crippen LogP contribution is -1.83. The molecule has 20 heavy (non-hydrogen) atoms. The third-order valence-electron chi connectivity index (χ3n) is 3.72. The van der Waals surface area contributed by atoms with Crippen LogP contribution in [0.4, 0.5) is 0 Å². The van der Waals surface area contributed by atoms with Crippen molar-refractivity contribution >= 4 is 16.8 Å². The molecule has 0 aromatic rings. The molecule has 0 atom stereocenters. The first-order valence-corrected chi connectivity index (χ1v) is 9.01. The Kier molecular flexibility index (Phi) is 16.5. The molecule has 0 bridgehead atoms. The van der Waals surface area contributed by atoms with Crippen LogP contribution in [-0.2, 0) is 4.79 Å². The van der Waals surface area contributed by atoms with E-state index in [1.54, 1.807) is 0 Å². The molecule has 0 rings (SSSR count). The molecular weight excluding hydrogens is 268 g/mol. The SMILES string of the molecule is CCCCCCCCCCCCCCC/C=C\C(=O)Cl. The fraction of sp³-hybridized carbons (Fsp3) is 0.833. The minimum absolute atomic E-state index is 0.361. The van der Waals surface area contributed by atoms with Gasteiger partial charge in [0, 0.05) is 0 Å². The van der Waals surface area contributed by atoms with Gasteiger partial charge in [-0.3, -0.25) is 4.79 Å². The average Bonchev–Trinajstić information content (AvgIpc) is 2.43. The van der Waals surface area contributed by atoms with Crippen LogP contribution in [0.15, 0.2) is 12.2 Å². The van der Waals surface area contributed by atoms with E-state index in [0.29, 0.717) is 0 Å². The highest BCUT2D eigenvalue weighted by molar-refractivity contribution is 6.66. The summed E-state index contributed by atoms with van der Waals surface area (Å²) in [6.45, 7) is 2.27. The highest BCUT2D eigenvalue weighted by Crippen LogP contribution is 2.12. The molecule has 2 heteroatoms. The summed E-state index contributed by atoms with van der Waals surface area (Å²) < 4.78 is 0. The Hall–Kier alpha value is -0.300. The Morgan fingerprint density at radius 1 is 0.750 bits per heavy atom. The molecule has 0 radical (unpaired) electrons. The standard InChI is InChI=1S/C18H33ClO/c1-2-3-4-5-6-7-8-9-10-11-12-13-14-15-16-17-18(19)20/h16-17H,2-15H2,1H3/b17-16-. The zero-order chi connectivity index (χ0) is 14.9. The van der Waals surface area contributed by atoms with Crippen LogP contribution in [0.2, 0.25) is 0 Å². The highest BCUT2D eigenvalue weighted by Gasteiger charge is 1.93. The van der Waals surface area contributed by atoms with Crippen molar-refractivity contribution in [3.05, 3.63) is 12.2 Å². The van der Waals surface area contributed by atoms with Gasteiger partial charge in [0.05, 0.1) is 0 Å². The monoisotopic (exact) mass is 300 g/mol. The van der Waals surface area contributed by atoms with Gasteiger partial charge in [-0.1, -0.05) is 90.0 Å². The fourth-order valence-corrected chi connectivity index (χ4v) is 2.55. The van der Waals surface area contributed by atoms with E-state index in [-0.39, 0.29) is 5.24 Å². The molecule has 0 N–H and O–H groups in total. The lowest BCUT2D eigenvalue weighted by atomic mass is 10.0. The second-order valence-corrected chi connectivity index (χ2v) is 6.11. The first kappa shape index (κ1) is 19.7. The predicted molar refractivity (Wildman–Crippen MR) is 90.3 cm³/mol. The fourth-order valence-electron chi connectivity index (χ4n) is 2.46. The van der Waals surface area contributed by atoms with Crippen molar-refractivity contribution in [2.24, 2.45) is 0 Å². The lowest BCUT2D eigenvalue weighted by molar-refractivity contribution is -0.107. The summed E-state index contributed by atoms with van der Waals surface area (Å²) in [4.78, 5) is 10.5. The van der Waals surface area contributed by atoms with Crippen LogP contribution in [0.1, 0.15) is 96.8 Å². The average molecular weight is 301 g/mol. The summed E-state index contributed by atoms with van der Waals surface area (Å²) in [6, 6.07) is 0. The molecule has 0 unspecified atom stereocenters. The quantitative estimate of drug-likeness (QED) is 0.185. The number of halogens is 1. The van der Waals surface area contributed by atoms with Crippen molar-refractivity contribution in [1.82, 2.24) is 0 Å². The topological polar surface area (TPSA) is 17.1 Å². The molecule has 0 aromatic heterocycles. The number of hydrogen-bond acceptors (Lipinski definition) is 1. The van der Waals surface area contributed by atoms with Crippen LogP contribution >= 0.6 is 11.6 Å². The lowest BCUT2D eigenvalue weighted by Gasteiger charge is -2.02. The normalized spacial score (nSPS) is 11.3. The largest absolute Gasteiger partial charge is 0.276 e. The van der Waals surface area contributed by atoms with Crippen molar-refractivity contribution in [1.29, 1.82) is 0 Å². The number of rotatable bonds is 15. The Labute approximate surface area is 131 Å². The third-order valence-corrected chi connectivity index (χ3v) is 3.85. The molecule has 0 saturated carbocycles. The summed E-state index contributed by atoms with van der Waals surface area (Å²) in [5, 5.41) is -0.361. The number of unbranched alkanes of at least 4 members (excludes halogenated alkanes) is 13. The zero-order valence-corrected chi connectivity index (χ0v) is 14.1. The predicted octanol–water partition coefficient (Wildman–Crippen LogP) is 6.79. The van der Waals surface area contributed by atoms with Crippen molar-refractivity contribution in [2.75, 3.05) is 0 Å². The van der Waals surface area contributed by atoms with Gasteiger partial charge in [0.25, 0.3) is 0 Å². The summed E-state index contributed by atoms with van der Waals surface area (Å²) in [7, 11) is 0. The van der Waals surface area contributed by atoms with Gasteiger partial charge in [0.15, 0.2) is 0 Å². The van der Waals surface area contributed by atoms with E-state index >= 15 is 0 Å². The molecule has 0 saturated heterocycles. The minimum Gasteiger partial charge on any atom is -0.276 e. The van der Waals surface area contributed by atoms with Crippen LogP contribution < -0.4 is 0 Å². The summed E-state index contributed by atoms with van der Waals surface area (Å²) in [5.41, 5.74) is 0. The van der Waals surface area contributed by atoms with Gasteiger partial charge in [-0.2, -0.15) is 0 Å². The number of hydrogen-bond donors (Lipinski definition) is 0. The van der Waals surface area contributed by atoms with E-state index in [4.69, 9.17) is 11.6 Å². The number of carbonyl (C=O) groups excluding carboxylic acids is 1. The van der Waals surface area contributed by atoms with Crippen LogP contribution in [0, 0.1) is 0 Å². The van der Waals surface area contributed by atoms with Crippen molar-refractivity contribution < 1.29 is 4.79 Å². The van der Waals surface area contributed by atoms with Gasteiger partial charge in [0.1, 0.15) is 0 Å². The van der Waals surface area contributed by atoms with Crippen LogP contribution in [-0.4, -0.2) is 5.24 Å². The molecule has 0 heterocycles. The molecule has 1 nitrogen and oxygen atoms in total. The van der Waals surface area contributed by atoms with Gasteiger partial charge in [-0.05, 0) is 30.5 Å². The summed E-state index contributed by atoms with van der Waals surface area (Å²) >= 11 is 5.21. The Morgan fingerprint density at radius 2 is 1.15 bits per heavy atom. The Balaban J connectivity index is 3.01. The number of allylic oxidation sites excluding steroid dienone is 2. The molecule has 0 aromatic carbocycles.